The second-order valence-corrected chi connectivity index (χ2v) is 5.84. The molecular formula is C18H22N4O4. The van der Waals surface area contributed by atoms with E-state index in [-0.39, 0.29) is 6.03 Å². The highest BCUT2D eigenvalue weighted by Gasteiger charge is 2.23. The van der Waals surface area contributed by atoms with E-state index in [1.54, 1.807) is 45.7 Å². The molecule has 0 radical (unpaired) electrons. The van der Waals surface area contributed by atoms with Gasteiger partial charge in [0.05, 0.1) is 33.2 Å². The average Bonchev–Trinajstić information content (AvgIpc) is 3.46. The van der Waals surface area contributed by atoms with Gasteiger partial charge in [0.1, 0.15) is 5.82 Å². The number of hydrogen-bond acceptors (Lipinski definition) is 6. The van der Waals surface area contributed by atoms with Crippen LogP contribution in [0.2, 0.25) is 0 Å². The number of aromatic nitrogens is 1. The van der Waals surface area contributed by atoms with Crippen molar-refractivity contribution in [1.29, 1.82) is 0 Å². The highest BCUT2D eigenvalue weighted by Crippen LogP contribution is 2.40. The van der Waals surface area contributed by atoms with E-state index in [1.807, 2.05) is 6.07 Å². The minimum atomic E-state index is -0.231. The molecule has 0 unspecified atom stereocenters. The molecule has 1 heterocycles. The number of carbonyl (C=O) groups is 1. The molecule has 138 valence electrons. The van der Waals surface area contributed by atoms with Crippen molar-refractivity contribution in [2.45, 2.75) is 18.9 Å². The molecule has 1 aliphatic rings. The van der Waals surface area contributed by atoms with E-state index in [2.05, 4.69) is 20.9 Å². The zero-order valence-electron chi connectivity index (χ0n) is 15.0. The predicted molar refractivity (Wildman–Crippen MR) is 98.8 cm³/mol. The molecule has 1 aromatic carbocycles. The van der Waals surface area contributed by atoms with Crippen molar-refractivity contribution in [3.63, 3.8) is 0 Å². The SMILES string of the molecule is COc1cc(Nc2ccc(NC(=O)NC3CC3)nc2)cc(OC)c1OC. The van der Waals surface area contributed by atoms with Crippen molar-refractivity contribution in [2.75, 3.05) is 32.0 Å². The maximum absolute atomic E-state index is 11.7. The van der Waals surface area contributed by atoms with Crippen molar-refractivity contribution in [2.24, 2.45) is 0 Å². The van der Waals surface area contributed by atoms with Gasteiger partial charge in [-0.3, -0.25) is 5.32 Å². The summed E-state index contributed by atoms with van der Waals surface area (Å²) in [4.78, 5) is 16.0. The Morgan fingerprint density at radius 2 is 1.73 bits per heavy atom. The summed E-state index contributed by atoms with van der Waals surface area (Å²) in [5, 5.41) is 8.78. The molecule has 0 aliphatic heterocycles. The molecule has 1 fully saturated rings. The van der Waals surface area contributed by atoms with Crippen LogP contribution in [0.1, 0.15) is 12.8 Å². The predicted octanol–water partition coefficient (Wildman–Crippen LogP) is 3.13. The number of ether oxygens (including phenoxy) is 3. The number of amides is 2. The Hall–Kier alpha value is -3.16. The molecule has 0 atom stereocenters. The Labute approximate surface area is 151 Å². The Balaban J connectivity index is 1.69. The third kappa shape index (κ3) is 4.27. The van der Waals surface area contributed by atoms with Crippen LogP contribution in [-0.4, -0.2) is 38.4 Å². The quantitative estimate of drug-likeness (QED) is 0.704. The largest absolute Gasteiger partial charge is 0.493 e. The second-order valence-electron chi connectivity index (χ2n) is 5.84. The number of rotatable bonds is 7. The Kier molecular flexibility index (Phi) is 5.31. The summed E-state index contributed by atoms with van der Waals surface area (Å²) >= 11 is 0. The third-order valence-electron chi connectivity index (χ3n) is 3.87. The highest BCUT2D eigenvalue weighted by molar-refractivity contribution is 5.88. The van der Waals surface area contributed by atoms with Crippen molar-refractivity contribution < 1.29 is 19.0 Å². The van der Waals surface area contributed by atoms with Crippen molar-refractivity contribution in [3.8, 4) is 17.2 Å². The van der Waals surface area contributed by atoms with Gasteiger partial charge in [0.2, 0.25) is 5.75 Å². The molecule has 0 bridgehead atoms. The van der Waals surface area contributed by atoms with Gasteiger partial charge in [0.25, 0.3) is 0 Å². The highest BCUT2D eigenvalue weighted by atomic mass is 16.5. The summed E-state index contributed by atoms with van der Waals surface area (Å²) in [5.74, 6) is 2.12. The first-order chi connectivity index (χ1) is 12.6. The van der Waals surface area contributed by atoms with Gasteiger partial charge in [0.15, 0.2) is 11.5 Å². The normalized spacial score (nSPS) is 12.9. The molecule has 0 saturated heterocycles. The molecule has 0 spiro atoms. The van der Waals surface area contributed by atoms with Crippen LogP contribution in [0.25, 0.3) is 0 Å². The van der Waals surface area contributed by atoms with Gasteiger partial charge in [-0.2, -0.15) is 0 Å². The van der Waals surface area contributed by atoms with Gasteiger partial charge in [-0.1, -0.05) is 0 Å². The summed E-state index contributed by atoms with van der Waals surface area (Å²) in [5.41, 5.74) is 1.51. The maximum Gasteiger partial charge on any atom is 0.320 e. The van der Waals surface area contributed by atoms with Crippen LogP contribution < -0.4 is 30.2 Å². The summed E-state index contributed by atoms with van der Waals surface area (Å²) in [6.45, 7) is 0. The van der Waals surface area contributed by atoms with Crippen LogP contribution in [0.5, 0.6) is 17.2 Å². The molecule has 2 aromatic rings. The summed E-state index contributed by atoms with van der Waals surface area (Å²) in [6.07, 6.45) is 3.72. The van der Waals surface area contributed by atoms with Crippen LogP contribution in [0.4, 0.5) is 22.0 Å². The molecule has 1 saturated carbocycles. The summed E-state index contributed by atoms with van der Waals surface area (Å²) < 4.78 is 16.0. The maximum atomic E-state index is 11.7. The number of hydrogen-bond donors (Lipinski definition) is 3. The zero-order chi connectivity index (χ0) is 18.5. The molecule has 8 nitrogen and oxygen atoms in total. The van der Waals surface area contributed by atoms with Crippen LogP contribution in [-0.2, 0) is 0 Å². The van der Waals surface area contributed by atoms with E-state index in [1.165, 1.54) is 0 Å². The second kappa shape index (κ2) is 7.81. The molecule has 3 N–H and O–H groups in total. The lowest BCUT2D eigenvalue weighted by atomic mass is 10.2. The van der Waals surface area contributed by atoms with Crippen molar-refractivity contribution >= 4 is 23.2 Å². The number of benzene rings is 1. The summed E-state index contributed by atoms with van der Waals surface area (Å²) in [6, 6.07) is 7.23. The van der Waals surface area contributed by atoms with Crippen LogP contribution in [0, 0.1) is 0 Å². The number of anilines is 3. The monoisotopic (exact) mass is 358 g/mol. The van der Waals surface area contributed by atoms with Crippen molar-refractivity contribution in [1.82, 2.24) is 10.3 Å². The third-order valence-corrected chi connectivity index (χ3v) is 3.87. The van der Waals surface area contributed by atoms with E-state index >= 15 is 0 Å². The average molecular weight is 358 g/mol. The molecular weight excluding hydrogens is 336 g/mol. The minimum absolute atomic E-state index is 0.231. The lowest BCUT2D eigenvalue weighted by Crippen LogP contribution is -2.30. The van der Waals surface area contributed by atoms with Crippen LogP contribution in [0.15, 0.2) is 30.5 Å². The summed E-state index contributed by atoms with van der Waals surface area (Å²) in [7, 11) is 4.69. The molecule has 8 heteroatoms. The van der Waals surface area contributed by atoms with Crippen molar-refractivity contribution in [3.05, 3.63) is 30.5 Å². The smallest absolute Gasteiger partial charge is 0.320 e. The van der Waals surface area contributed by atoms with Gasteiger partial charge in [-0.05, 0) is 25.0 Å². The number of nitrogens with zero attached hydrogens (tertiary/aromatic N) is 1. The number of carbonyl (C=O) groups excluding carboxylic acids is 1. The van der Waals surface area contributed by atoms with E-state index in [9.17, 15) is 4.79 Å². The van der Waals surface area contributed by atoms with E-state index in [0.29, 0.717) is 29.1 Å². The van der Waals surface area contributed by atoms with Gasteiger partial charge in [-0.15, -0.1) is 0 Å². The topological polar surface area (TPSA) is 93.7 Å². The van der Waals surface area contributed by atoms with Gasteiger partial charge in [0, 0.05) is 23.9 Å². The molecule has 2 amide bonds. The molecule has 1 aliphatic carbocycles. The Morgan fingerprint density at radius 1 is 1.04 bits per heavy atom. The van der Waals surface area contributed by atoms with Crippen LogP contribution in [0.3, 0.4) is 0 Å². The molecule has 3 rings (SSSR count). The number of pyridine rings is 1. The Morgan fingerprint density at radius 3 is 2.23 bits per heavy atom. The number of urea groups is 1. The first kappa shape index (κ1) is 17.7. The van der Waals surface area contributed by atoms with Crippen LogP contribution >= 0.6 is 0 Å². The van der Waals surface area contributed by atoms with Gasteiger partial charge in [-0.25, -0.2) is 9.78 Å². The number of nitrogens with one attached hydrogen (secondary N) is 3. The molecule has 1 aromatic heterocycles. The Bertz CT molecular complexity index is 750. The number of methoxy groups -OCH3 is 3. The molecule has 26 heavy (non-hydrogen) atoms. The first-order valence-electron chi connectivity index (χ1n) is 8.23. The zero-order valence-corrected chi connectivity index (χ0v) is 15.0. The first-order valence-corrected chi connectivity index (χ1v) is 8.23. The lowest BCUT2D eigenvalue weighted by molar-refractivity contribution is 0.251. The van der Waals surface area contributed by atoms with E-state index in [0.717, 1.165) is 24.2 Å². The standard InChI is InChI=1S/C18H22N4O4/c1-24-14-8-13(9-15(25-2)17(14)26-3)20-12-6-7-16(19-10-12)22-18(23)21-11-4-5-11/h6-11,20H,4-5H2,1-3H3,(H2,19,21,22,23). The van der Waals surface area contributed by atoms with E-state index in [4.69, 9.17) is 14.2 Å². The fourth-order valence-corrected chi connectivity index (χ4v) is 2.43. The van der Waals surface area contributed by atoms with E-state index < -0.39 is 0 Å². The van der Waals surface area contributed by atoms with Gasteiger partial charge < -0.3 is 24.8 Å². The fraction of sp³-hybridized carbons (Fsp3) is 0.333. The van der Waals surface area contributed by atoms with Gasteiger partial charge >= 0.3 is 6.03 Å². The fourth-order valence-electron chi connectivity index (χ4n) is 2.43. The minimum Gasteiger partial charge on any atom is -0.493 e. The lowest BCUT2D eigenvalue weighted by Gasteiger charge is -2.15.